The molecule has 0 saturated carbocycles. The fourth-order valence-corrected chi connectivity index (χ4v) is 1.55. The van der Waals surface area contributed by atoms with Gasteiger partial charge in [0.25, 0.3) is 5.91 Å². The first-order valence-electron chi connectivity index (χ1n) is 4.52. The highest BCUT2D eigenvalue weighted by atomic mass is 79.9. The third-order valence-electron chi connectivity index (χ3n) is 1.88. The Morgan fingerprint density at radius 1 is 1.50 bits per heavy atom. The van der Waals surface area contributed by atoms with Crippen LogP contribution in [0.4, 0.5) is 0 Å². The van der Waals surface area contributed by atoms with Crippen LogP contribution in [0.25, 0.3) is 0 Å². The smallest absolute Gasteiger partial charge is 0.251 e. The van der Waals surface area contributed by atoms with Crippen molar-refractivity contribution >= 4 is 21.8 Å². The fourth-order valence-electron chi connectivity index (χ4n) is 1.15. The lowest BCUT2D eigenvalue weighted by atomic mass is 10.2. The van der Waals surface area contributed by atoms with Crippen LogP contribution in [0.1, 0.15) is 16.2 Å². The summed E-state index contributed by atoms with van der Waals surface area (Å²) in [7, 11) is 0. The number of nitrogens with one attached hydrogen (secondary N) is 2. The van der Waals surface area contributed by atoms with Crippen LogP contribution in [0.15, 0.2) is 28.7 Å². The van der Waals surface area contributed by atoms with Crippen LogP contribution in [0.2, 0.25) is 0 Å². The summed E-state index contributed by atoms with van der Waals surface area (Å²) in [6, 6.07) is 7.13. The van der Waals surface area contributed by atoms with Gasteiger partial charge in [-0.15, -0.1) is 10.2 Å². The summed E-state index contributed by atoms with van der Waals surface area (Å²) in [6.45, 7) is 0.252. The van der Waals surface area contributed by atoms with Crippen molar-refractivity contribution in [3.05, 3.63) is 40.1 Å². The molecule has 0 fully saturated rings. The van der Waals surface area contributed by atoms with Gasteiger partial charge in [0.1, 0.15) is 0 Å². The number of aromatic amines is 1. The van der Waals surface area contributed by atoms with Gasteiger partial charge in [-0.25, -0.2) is 0 Å². The number of amides is 1. The molecule has 1 amide bonds. The zero-order valence-electron chi connectivity index (χ0n) is 8.14. The van der Waals surface area contributed by atoms with Gasteiger partial charge in [-0.1, -0.05) is 27.2 Å². The fraction of sp³-hybridized carbons (Fsp3) is 0.111. The standard InChI is InChI=1S/C9H8BrN5O/c10-7-3-1-2-6(4-7)9(16)11-5-8-12-14-15-13-8/h1-4H,5H2,(H,11,16)(H,12,13,14,15). The average Bonchev–Trinajstić information content (AvgIpc) is 2.78. The van der Waals surface area contributed by atoms with E-state index in [-0.39, 0.29) is 12.5 Å². The lowest BCUT2D eigenvalue weighted by molar-refractivity contribution is 0.0950. The van der Waals surface area contributed by atoms with Crippen LogP contribution in [0.5, 0.6) is 0 Å². The van der Waals surface area contributed by atoms with Crippen molar-refractivity contribution in [1.29, 1.82) is 0 Å². The zero-order valence-corrected chi connectivity index (χ0v) is 9.73. The highest BCUT2D eigenvalue weighted by Crippen LogP contribution is 2.11. The molecule has 1 heterocycles. The minimum Gasteiger partial charge on any atom is -0.345 e. The van der Waals surface area contributed by atoms with Gasteiger partial charge in [0.05, 0.1) is 6.54 Å². The van der Waals surface area contributed by atoms with Gasteiger partial charge >= 0.3 is 0 Å². The van der Waals surface area contributed by atoms with Gasteiger partial charge in [-0.05, 0) is 18.2 Å². The molecular weight excluding hydrogens is 274 g/mol. The molecule has 6 nitrogen and oxygen atoms in total. The van der Waals surface area contributed by atoms with Gasteiger partial charge in [-0.3, -0.25) is 4.79 Å². The molecule has 0 aliphatic heterocycles. The van der Waals surface area contributed by atoms with E-state index >= 15 is 0 Å². The van der Waals surface area contributed by atoms with Crippen molar-refractivity contribution in [2.24, 2.45) is 0 Å². The van der Waals surface area contributed by atoms with Crippen LogP contribution >= 0.6 is 15.9 Å². The SMILES string of the molecule is O=C(NCc1nn[nH]n1)c1cccc(Br)c1. The van der Waals surface area contributed by atoms with E-state index < -0.39 is 0 Å². The number of aromatic nitrogens is 4. The second-order valence-electron chi connectivity index (χ2n) is 3.02. The highest BCUT2D eigenvalue weighted by Gasteiger charge is 2.06. The predicted molar refractivity (Wildman–Crippen MR) is 59.5 cm³/mol. The Kier molecular flexibility index (Phi) is 3.25. The van der Waals surface area contributed by atoms with Gasteiger partial charge < -0.3 is 5.32 Å². The molecule has 2 rings (SSSR count). The average molecular weight is 282 g/mol. The normalized spacial score (nSPS) is 10.1. The first kappa shape index (κ1) is 10.7. The summed E-state index contributed by atoms with van der Waals surface area (Å²) in [5.74, 6) is 0.273. The molecule has 0 bridgehead atoms. The van der Waals surface area contributed by atoms with Crippen molar-refractivity contribution in [2.45, 2.75) is 6.54 Å². The molecule has 0 saturated heterocycles. The van der Waals surface area contributed by atoms with Crippen molar-refractivity contribution in [2.75, 3.05) is 0 Å². The summed E-state index contributed by atoms with van der Waals surface area (Å²) in [5, 5.41) is 15.8. The molecule has 0 radical (unpaired) electrons. The first-order valence-corrected chi connectivity index (χ1v) is 5.31. The molecule has 1 aromatic heterocycles. The topological polar surface area (TPSA) is 83.6 Å². The number of hydrogen-bond acceptors (Lipinski definition) is 4. The number of carbonyl (C=O) groups excluding carboxylic acids is 1. The predicted octanol–water partition coefficient (Wildman–Crippen LogP) is 0.892. The van der Waals surface area contributed by atoms with Gasteiger partial charge in [0.2, 0.25) is 0 Å². The van der Waals surface area contributed by atoms with Crippen LogP contribution in [-0.2, 0) is 6.54 Å². The molecule has 2 N–H and O–H groups in total. The Labute approximate surface area is 99.6 Å². The largest absolute Gasteiger partial charge is 0.345 e. The Balaban J connectivity index is 1.98. The third-order valence-corrected chi connectivity index (χ3v) is 2.38. The molecule has 2 aromatic rings. The minimum absolute atomic E-state index is 0.175. The second-order valence-corrected chi connectivity index (χ2v) is 3.94. The summed E-state index contributed by atoms with van der Waals surface area (Å²) in [4.78, 5) is 11.7. The molecule has 7 heteroatoms. The van der Waals surface area contributed by atoms with Crippen LogP contribution in [-0.4, -0.2) is 26.5 Å². The number of hydrogen-bond donors (Lipinski definition) is 2. The second kappa shape index (κ2) is 4.84. The van der Waals surface area contributed by atoms with E-state index in [1.54, 1.807) is 18.2 Å². The van der Waals surface area contributed by atoms with Crippen LogP contribution < -0.4 is 5.32 Å². The Bertz CT molecular complexity index is 484. The Morgan fingerprint density at radius 2 is 2.38 bits per heavy atom. The monoisotopic (exact) mass is 281 g/mol. The highest BCUT2D eigenvalue weighted by molar-refractivity contribution is 9.10. The molecular formula is C9H8BrN5O. The Morgan fingerprint density at radius 3 is 3.06 bits per heavy atom. The number of benzene rings is 1. The molecule has 0 spiro atoms. The van der Waals surface area contributed by atoms with Gasteiger partial charge in [-0.2, -0.15) is 5.21 Å². The summed E-state index contributed by atoms with van der Waals surface area (Å²) >= 11 is 3.30. The first-order chi connectivity index (χ1) is 7.75. The summed E-state index contributed by atoms with van der Waals surface area (Å²) in [6.07, 6.45) is 0. The van der Waals surface area contributed by atoms with E-state index in [0.29, 0.717) is 11.4 Å². The molecule has 0 unspecified atom stereocenters. The lowest BCUT2D eigenvalue weighted by Crippen LogP contribution is -2.23. The maximum Gasteiger partial charge on any atom is 0.251 e. The van der Waals surface area contributed by atoms with Crippen molar-refractivity contribution in [1.82, 2.24) is 25.9 Å². The van der Waals surface area contributed by atoms with Gasteiger partial charge in [0.15, 0.2) is 5.82 Å². The van der Waals surface area contributed by atoms with Crippen molar-refractivity contribution in [3.63, 3.8) is 0 Å². The Hall–Kier alpha value is -1.76. The van der Waals surface area contributed by atoms with Crippen molar-refractivity contribution < 1.29 is 4.79 Å². The van der Waals surface area contributed by atoms with E-state index in [2.05, 4.69) is 41.9 Å². The zero-order chi connectivity index (χ0) is 11.4. The van der Waals surface area contributed by atoms with E-state index in [4.69, 9.17) is 0 Å². The van der Waals surface area contributed by atoms with Gasteiger partial charge in [0, 0.05) is 10.0 Å². The van der Waals surface area contributed by atoms with E-state index in [9.17, 15) is 4.79 Å². The quantitative estimate of drug-likeness (QED) is 0.875. The molecule has 0 aliphatic rings. The van der Waals surface area contributed by atoms with Crippen LogP contribution in [0, 0.1) is 0 Å². The maximum atomic E-state index is 11.7. The summed E-state index contributed by atoms with van der Waals surface area (Å²) in [5.41, 5.74) is 0.581. The molecule has 0 atom stereocenters. The van der Waals surface area contributed by atoms with Crippen molar-refractivity contribution in [3.8, 4) is 0 Å². The number of nitrogens with zero attached hydrogens (tertiary/aromatic N) is 3. The van der Waals surface area contributed by atoms with E-state index in [1.165, 1.54) is 0 Å². The third kappa shape index (κ3) is 2.63. The molecule has 82 valence electrons. The number of H-pyrrole nitrogens is 1. The molecule has 16 heavy (non-hydrogen) atoms. The van der Waals surface area contributed by atoms with Crippen LogP contribution in [0.3, 0.4) is 0 Å². The van der Waals surface area contributed by atoms with E-state index in [0.717, 1.165) is 4.47 Å². The molecule has 0 aliphatic carbocycles. The number of carbonyl (C=O) groups is 1. The molecule has 1 aromatic carbocycles. The minimum atomic E-state index is -0.175. The van der Waals surface area contributed by atoms with E-state index in [1.807, 2.05) is 6.07 Å². The lowest BCUT2D eigenvalue weighted by Gasteiger charge is -2.02. The maximum absolute atomic E-state index is 11.7. The summed E-state index contributed by atoms with van der Waals surface area (Å²) < 4.78 is 0.861. The number of halogens is 1. The number of rotatable bonds is 3. The number of tetrazole rings is 1.